The maximum Gasteiger partial charge on any atom is 0.326 e. The van der Waals surface area contributed by atoms with Crippen LogP contribution in [0.1, 0.15) is 28.7 Å². The van der Waals surface area contributed by atoms with Crippen molar-refractivity contribution in [3.63, 3.8) is 0 Å². The van der Waals surface area contributed by atoms with Crippen LogP contribution in [-0.4, -0.2) is 50.0 Å². The third-order valence-corrected chi connectivity index (χ3v) is 3.60. The van der Waals surface area contributed by atoms with E-state index in [9.17, 15) is 9.59 Å². The average molecular weight is 302 g/mol. The lowest BCUT2D eigenvalue weighted by atomic mass is 10.2. The first-order valence-electron chi connectivity index (χ1n) is 6.82. The highest BCUT2D eigenvalue weighted by Gasteiger charge is 2.27. The van der Waals surface area contributed by atoms with E-state index in [2.05, 4.69) is 10.3 Å². The summed E-state index contributed by atoms with van der Waals surface area (Å²) in [5, 5.41) is 16.9. The van der Waals surface area contributed by atoms with Crippen molar-refractivity contribution in [3.8, 4) is 5.69 Å². The molecule has 0 saturated heterocycles. The first-order valence-corrected chi connectivity index (χ1v) is 6.82. The molecule has 0 radical (unpaired) electrons. The number of carbonyl (C=O) groups is 2. The molecule has 2 rings (SSSR count). The fourth-order valence-electron chi connectivity index (χ4n) is 2.04. The van der Waals surface area contributed by atoms with Gasteiger partial charge in [-0.05, 0) is 38.5 Å². The zero-order chi connectivity index (χ0) is 16.4. The Bertz CT molecular complexity index is 723. The molecule has 22 heavy (non-hydrogen) atoms. The molecule has 0 aliphatic rings. The maximum absolute atomic E-state index is 12.4. The number of rotatable bonds is 4. The summed E-state index contributed by atoms with van der Waals surface area (Å²) in [7, 11) is 1.44. The third-order valence-electron chi connectivity index (χ3n) is 3.60. The van der Waals surface area contributed by atoms with Crippen molar-refractivity contribution < 1.29 is 14.7 Å². The first kappa shape index (κ1) is 15.7. The summed E-state index contributed by atoms with van der Waals surface area (Å²) in [5.74, 6) is -1.54. The molecule has 1 unspecified atom stereocenters. The third kappa shape index (κ3) is 2.83. The fourth-order valence-corrected chi connectivity index (χ4v) is 2.04. The normalized spacial score (nSPS) is 12.0. The van der Waals surface area contributed by atoms with Crippen molar-refractivity contribution in [3.05, 3.63) is 41.2 Å². The standard InChI is InChI=1S/C15H18N4O3/c1-9-6-5-7-12(8-9)19-10(2)13(16-17-19)14(20)18(4)11(3)15(21)22/h5-8,11H,1-4H3,(H,21,22). The number of carboxylic acids is 1. The Kier molecular flexibility index (Phi) is 4.25. The minimum Gasteiger partial charge on any atom is -0.480 e. The quantitative estimate of drug-likeness (QED) is 0.923. The lowest BCUT2D eigenvalue weighted by Crippen LogP contribution is -2.40. The van der Waals surface area contributed by atoms with Crippen molar-refractivity contribution in [2.24, 2.45) is 0 Å². The van der Waals surface area contributed by atoms with Gasteiger partial charge < -0.3 is 10.0 Å². The second-order valence-electron chi connectivity index (χ2n) is 5.20. The summed E-state index contributed by atoms with van der Waals surface area (Å²) < 4.78 is 1.57. The van der Waals surface area contributed by atoms with Crippen LogP contribution in [0, 0.1) is 13.8 Å². The summed E-state index contributed by atoms with van der Waals surface area (Å²) in [5.41, 5.74) is 2.59. The molecule has 0 aliphatic carbocycles. The largest absolute Gasteiger partial charge is 0.480 e. The summed E-state index contributed by atoms with van der Waals surface area (Å²) >= 11 is 0. The number of nitrogens with zero attached hydrogens (tertiary/aromatic N) is 4. The lowest BCUT2D eigenvalue weighted by Gasteiger charge is -2.20. The molecule has 1 aromatic heterocycles. The molecule has 2 aromatic rings. The van der Waals surface area contributed by atoms with Crippen molar-refractivity contribution >= 4 is 11.9 Å². The second kappa shape index (κ2) is 5.97. The summed E-state index contributed by atoms with van der Waals surface area (Å²) in [4.78, 5) is 24.5. The van der Waals surface area contributed by atoms with Crippen LogP contribution in [0.2, 0.25) is 0 Å². The number of likely N-dealkylation sites (N-methyl/N-ethyl adjacent to an activating group) is 1. The lowest BCUT2D eigenvalue weighted by molar-refractivity contribution is -0.141. The molecule has 116 valence electrons. The van der Waals surface area contributed by atoms with Gasteiger partial charge in [0, 0.05) is 7.05 Å². The van der Waals surface area contributed by atoms with E-state index in [4.69, 9.17) is 5.11 Å². The monoisotopic (exact) mass is 302 g/mol. The number of amides is 1. The zero-order valence-corrected chi connectivity index (χ0v) is 12.9. The predicted octanol–water partition coefficient (Wildman–Crippen LogP) is 1.43. The fraction of sp³-hybridized carbons (Fsp3) is 0.333. The molecular weight excluding hydrogens is 284 g/mol. The summed E-state index contributed by atoms with van der Waals surface area (Å²) in [6.45, 7) is 5.14. The number of carbonyl (C=O) groups excluding carboxylic acids is 1. The van der Waals surface area contributed by atoms with Crippen molar-refractivity contribution in [1.29, 1.82) is 0 Å². The topological polar surface area (TPSA) is 88.3 Å². The maximum atomic E-state index is 12.4. The van der Waals surface area contributed by atoms with Crippen LogP contribution in [0.5, 0.6) is 0 Å². The van der Waals surface area contributed by atoms with Crippen LogP contribution in [0.25, 0.3) is 5.69 Å². The molecule has 7 nitrogen and oxygen atoms in total. The Morgan fingerprint density at radius 1 is 1.32 bits per heavy atom. The minimum absolute atomic E-state index is 0.150. The Hall–Kier alpha value is -2.70. The Labute approximate surface area is 128 Å². The van der Waals surface area contributed by atoms with Crippen molar-refractivity contribution in [1.82, 2.24) is 19.9 Å². The van der Waals surface area contributed by atoms with Gasteiger partial charge in [0.15, 0.2) is 5.69 Å². The van der Waals surface area contributed by atoms with Gasteiger partial charge in [-0.1, -0.05) is 17.3 Å². The molecule has 1 aromatic carbocycles. The molecule has 0 fully saturated rings. The molecule has 0 spiro atoms. The van der Waals surface area contributed by atoms with E-state index in [0.29, 0.717) is 5.69 Å². The first-order chi connectivity index (χ1) is 10.3. The molecule has 0 saturated carbocycles. The van der Waals surface area contributed by atoms with Gasteiger partial charge in [0.1, 0.15) is 6.04 Å². The number of aromatic nitrogens is 3. The number of hydrogen-bond acceptors (Lipinski definition) is 4. The molecule has 1 amide bonds. The number of aryl methyl sites for hydroxylation is 1. The highest BCUT2D eigenvalue weighted by atomic mass is 16.4. The van der Waals surface area contributed by atoms with E-state index < -0.39 is 17.9 Å². The molecular formula is C15H18N4O3. The Morgan fingerprint density at radius 3 is 2.59 bits per heavy atom. The molecule has 7 heteroatoms. The highest BCUT2D eigenvalue weighted by Crippen LogP contribution is 2.15. The van der Waals surface area contributed by atoms with Gasteiger partial charge in [0.05, 0.1) is 11.4 Å². The van der Waals surface area contributed by atoms with E-state index in [1.165, 1.54) is 14.0 Å². The van der Waals surface area contributed by atoms with E-state index >= 15 is 0 Å². The molecule has 0 aliphatic heterocycles. The number of carboxylic acid groups (broad SMARTS) is 1. The molecule has 1 atom stereocenters. The van der Waals surface area contributed by atoms with Gasteiger partial charge >= 0.3 is 5.97 Å². The van der Waals surface area contributed by atoms with Crippen molar-refractivity contribution in [2.45, 2.75) is 26.8 Å². The summed E-state index contributed by atoms with van der Waals surface area (Å²) in [6, 6.07) is 6.72. The Balaban J connectivity index is 2.35. The average Bonchev–Trinajstić information content (AvgIpc) is 2.86. The van der Waals surface area contributed by atoms with Crippen LogP contribution >= 0.6 is 0 Å². The summed E-state index contributed by atoms with van der Waals surface area (Å²) in [6.07, 6.45) is 0. The highest BCUT2D eigenvalue weighted by molar-refractivity contribution is 5.95. The van der Waals surface area contributed by atoms with Gasteiger partial charge in [-0.2, -0.15) is 0 Å². The Morgan fingerprint density at radius 2 is 2.00 bits per heavy atom. The smallest absolute Gasteiger partial charge is 0.326 e. The SMILES string of the molecule is Cc1cccc(-n2nnc(C(=O)N(C)C(C)C(=O)O)c2C)c1. The zero-order valence-electron chi connectivity index (χ0n) is 12.9. The molecule has 0 bridgehead atoms. The van der Waals surface area contributed by atoms with Crippen LogP contribution in [0.15, 0.2) is 24.3 Å². The van der Waals surface area contributed by atoms with E-state index in [1.54, 1.807) is 11.6 Å². The van der Waals surface area contributed by atoms with Crippen LogP contribution < -0.4 is 0 Å². The van der Waals surface area contributed by atoms with E-state index in [-0.39, 0.29) is 5.69 Å². The number of aliphatic carboxylic acids is 1. The van der Waals surface area contributed by atoms with Gasteiger partial charge in [-0.15, -0.1) is 5.10 Å². The predicted molar refractivity (Wildman–Crippen MR) is 80.0 cm³/mol. The van der Waals surface area contributed by atoms with E-state index in [0.717, 1.165) is 16.2 Å². The minimum atomic E-state index is -1.07. The molecule has 1 N–H and O–H groups in total. The molecule has 1 heterocycles. The van der Waals surface area contributed by atoms with Gasteiger partial charge in [0.25, 0.3) is 5.91 Å². The van der Waals surface area contributed by atoms with Gasteiger partial charge in [0.2, 0.25) is 0 Å². The van der Waals surface area contributed by atoms with Crippen molar-refractivity contribution in [2.75, 3.05) is 7.05 Å². The van der Waals surface area contributed by atoms with Crippen LogP contribution in [0.4, 0.5) is 0 Å². The number of hydrogen-bond donors (Lipinski definition) is 1. The van der Waals surface area contributed by atoms with Crippen LogP contribution in [0.3, 0.4) is 0 Å². The van der Waals surface area contributed by atoms with E-state index in [1.807, 2.05) is 31.2 Å². The van der Waals surface area contributed by atoms with Crippen LogP contribution in [-0.2, 0) is 4.79 Å². The van der Waals surface area contributed by atoms with Gasteiger partial charge in [-0.3, -0.25) is 4.79 Å². The number of benzene rings is 1. The second-order valence-corrected chi connectivity index (χ2v) is 5.20. The van der Waals surface area contributed by atoms with Gasteiger partial charge in [-0.25, -0.2) is 9.48 Å².